The van der Waals surface area contributed by atoms with Crippen LogP contribution < -0.4 is 19.5 Å². The second-order valence-electron chi connectivity index (χ2n) is 9.52. The van der Waals surface area contributed by atoms with Crippen LogP contribution in [0.1, 0.15) is 63.3 Å². The van der Waals surface area contributed by atoms with Crippen LogP contribution in [0.3, 0.4) is 0 Å². The molecule has 0 aromatic heterocycles. The number of benzene rings is 2. The number of carbonyl (C=O) groups is 2. The maximum atomic E-state index is 13.8. The van der Waals surface area contributed by atoms with E-state index < -0.39 is 23.5 Å². The number of quaternary nitrogens is 1. The molecule has 38 heavy (non-hydrogen) atoms. The Morgan fingerprint density at radius 2 is 1.76 bits per heavy atom. The Balaban J connectivity index is 2.09. The van der Waals surface area contributed by atoms with E-state index >= 15 is 0 Å². The predicted molar refractivity (Wildman–Crippen MR) is 144 cm³/mol. The number of nitrogens with zero attached hydrogens (tertiary/aromatic N) is 1. The molecule has 1 aliphatic heterocycles. The molecule has 1 atom stereocenters. The molecule has 2 N–H and O–H groups in total. The number of likely N-dealkylation sites (N-methyl/N-ethyl adjacent to an activating group) is 1. The van der Waals surface area contributed by atoms with Gasteiger partial charge in [-0.1, -0.05) is 31.2 Å². The number of amides is 1. The maximum absolute atomic E-state index is 13.8. The Hall–Kier alpha value is -3.52. The number of rotatable bonds is 13. The lowest BCUT2D eigenvalue weighted by molar-refractivity contribution is -0.895. The highest BCUT2D eigenvalue weighted by Crippen LogP contribution is 2.41. The summed E-state index contributed by atoms with van der Waals surface area (Å²) < 4.78 is 11.4. The highest BCUT2D eigenvalue weighted by molar-refractivity contribution is 6.46. The lowest BCUT2D eigenvalue weighted by atomic mass is 9.94. The molecule has 8 nitrogen and oxygen atoms in total. The van der Waals surface area contributed by atoms with Crippen LogP contribution in [0, 0.1) is 6.92 Å². The molecule has 0 bridgehead atoms. The van der Waals surface area contributed by atoms with E-state index in [1.807, 2.05) is 6.92 Å². The average Bonchev–Trinajstić information content (AvgIpc) is 3.16. The molecule has 3 rings (SSSR count). The summed E-state index contributed by atoms with van der Waals surface area (Å²) in [5.74, 6) is -1.09. The summed E-state index contributed by atoms with van der Waals surface area (Å²) >= 11 is 0. The molecule has 0 radical (unpaired) electrons. The number of likely N-dealkylation sites (tertiary alicyclic amines) is 1. The minimum absolute atomic E-state index is 0.0486. The summed E-state index contributed by atoms with van der Waals surface area (Å²) in [6.45, 7) is 13.5. The number of phenolic OH excluding ortho intramolecular Hbond substituents is 1. The van der Waals surface area contributed by atoms with E-state index in [1.165, 1.54) is 15.9 Å². The first kappa shape index (κ1) is 29.0. The van der Waals surface area contributed by atoms with Crippen molar-refractivity contribution in [1.82, 2.24) is 4.90 Å². The Kier molecular flexibility index (Phi) is 10.2. The zero-order valence-corrected chi connectivity index (χ0v) is 23.1. The highest BCUT2D eigenvalue weighted by atomic mass is 16.5. The SMILES string of the molecule is CCCCOc1ccc(C([O-])=C2C(=O)C(=O)N(CC[NH+](CC)CC)C2c2ccc(O)c(OCC)c2)cc1C. The van der Waals surface area contributed by atoms with Gasteiger partial charge in [0, 0.05) is 5.57 Å². The number of ether oxygens (including phenoxy) is 2. The van der Waals surface area contributed by atoms with Crippen LogP contribution in [0.15, 0.2) is 42.0 Å². The molecule has 1 unspecified atom stereocenters. The summed E-state index contributed by atoms with van der Waals surface area (Å²) in [6.07, 6.45) is 1.94. The summed E-state index contributed by atoms with van der Waals surface area (Å²) in [6, 6.07) is 8.92. The van der Waals surface area contributed by atoms with E-state index in [1.54, 1.807) is 37.3 Å². The summed E-state index contributed by atoms with van der Waals surface area (Å²) in [4.78, 5) is 29.4. The van der Waals surface area contributed by atoms with Crippen LogP contribution in [0.2, 0.25) is 0 Å². The molecule has 1 heterocycles. The molecule has 0 aliphatic carbocycles. The van der Waals surface area contributed by atoms with Crippen LogP contribution in [-0.2, 0) is 9.59 Å². The number of aryl methyl sites for hydroxylation is 1. The zero-order valence-electron chi connectivity index (χ0n) is 23.1. The van der Waals surface area contributed by atoms with E-state index in [-0.39, 0.29) is 17.1 Å². The lowest BCUT2D eigenvalue weighted by Crippen LogP contribution is -3.12. The minimum atomic E-state index is -0.877. The second kappa shape index (κ2) is 13.3. The zero-order chi connectivity index (χ0) is 27.8. The Morgan fingerprint density at radius 3 is 2.39 bits per heavy atom. The molecule has 0 saturated carbocycles. The standard InChI is InChI=1S/C30H40N2O6/c1-6-10-17-38-24-14-12-22(18-20(24)5)28(34)26-27(21-11-13-23(33)25(19-21)37-9-4)32(30(36)29(26)35)16-15-31(7-2)8-3/h11-14,18-19,27,33-34H,6-10,15-17H2,1-5H3. The van der Waals surface area contributed by atoms with Gasteiger partial charge in [0.25, 0.3) is 5.91 Å². The van der Waals surface area contributed by atoms with Gasteiger partial charge in [0.15, 0.2) is 11.5 Å². The number of ketones is 1. The third kappa shape index (κ3) is 6.30. The van der Waals surface area contributed by atoms with Crippen LogP contribution in [-0.4, -0.2) is 61.1 Å². The number of carbonyl (C=O) groups excluding carboxylic acids is 2. The van der Waals surface area contributed by atoms with Crippen molar-refractivity contribution in [2.45, 2.75) is 53.5 Å². The van der Waals surface area contributed by atoms with Gasteiger partial charge in [-0.15, -0.1) is 0 Å². The molecule has 1 fully saturated rings. The topological polar surface area (TPSA) is 104 Å². The van der Waals surface area contributed by atoms with Crippen molar-refractivity contribution in [2.24, 2.45) is 0 Å². The van der Waals surface area contributed by atoms with Crippen LogP contribution in [0.5, 0.6) is 17.2 Å². The number of unbranched alkanes of at least 4 members (excludes halogenated alkanes) is 1. The molecule has 2 aromatic rings. The number of Topliss-reactive ketones (excluding diaryl/α,β-unsaturated/α-hetero) is 1. The van der Waals surface area contributed by atoms with Gasteiger partial charge in [0.05, 0.1) is 45.4 Å². The lowest BCUT2D eigenvalue weighted by Gasteiger charge is -2.29. The van der Waals surface area contributed by atoms with Crippen molar-refractivity contribution < 1.29 is 34.2 Å². The number of nitrogens with one attached hydrogen (secondary N) is 1. The second-order valence-corrected chi connectivity index (χ2v) is 9.52. The summed E-state index contributed by atoms with van der Waals surface area (Å²) in [5, 5.41) is 24.1. The summed E-state index contributed by atoms with van der Waals surface area (Å²) in [7, 11) is 0. The van der Waals surface area contributed by atoms with Gasteiger partial charge in [-0.05, 0) is 75.1 Å². The van der Waals surface area contributed by atoms with Gasteiger partial charge in [-0.3, -0.25) is 9.59 Å². The molecule has 1 amide bonds. The smallest absolute Gasteiger partial charge is 0.295 e. The van der Waals surface area contributed by atoms with Gasteiger partial charge in [0.2, 0.25) is 5.78 Å². The number of hydrogen-bond donors (Lipinski definition) is 2. The van der Waals surface area contributed by atoms with Crippen molar-refractivity contribution in [3.05, 3.63) is 58.7 Å². The summed E-state index contributed by atoms with van der Waals surface area (Å²) in [5.41, 5.74) is 1.56. The first-order chi connectivity index (χ1) is 18.3. The molecular formula is C30H40N2O6. The predicted octanol–water partition coefficient (Wildman–Crippen LogP) is 2.43. The third-order valence-electron chi connectivity index (χ3n) is 7.03. The third-order valence-corrected chi connectivity index (χ3v) is 7.03. The monoisotopic (exact) mass is 524 g/mol. The van der Waals surface area contributed by atoms with E-state index in [2.05, 4.69) is 20.8 Å². The molecule has 0 spiro atoms. The fourth-order valence-electron chi connectivity index (χ4n) is 4.74. The minimum Gasteiger partial charge on any atom is -0.872 e. The van der Waals surface area contributed by atoms with Gasteiger partial charge < -0.3 is 29.5 Å². The molecule has 206 valence electrons. The fourth-order valence-corrected chi connectivity index (χ4v) is 4.74. The van der Waals surface area contributed by atoms with Gasteiger partial charge in [-0.2, -0.15) is 0 Å². The Bertz CT molecular complexity index is 1170. The molecule has 1 aliphatic rings. The van der Waals surface area contributed by atoms with Crippen LogP contribution in [0.25, 0.3) is 5.76 Å². The quantitative estimate of drug-likeness (QED) is 0.181. The van der Waals surface area contributed by atoms with Gasteiger partial charge >= 0.3 is 0 Å². The van der Waals surface area contributed by atoms with E-state index in [9.17, 15) is 19.8 Å². The van der Waals surface area contributed by atoms with Crippen LogP contribution in [0.4, 0.5) is 0 Å². The van der Waals surface area contributed by atoms with Gasteiger partial charge in [-0.25, -0.2) is 0 Å². The van der Waals surface area contributed by atoms with Crippen molar-refractivity contribution in [3.8, 4) is 17.2 Å². The van der Waals surface area contributed by atoms with Crippen molar-refractivity contribution >= 4 is 17.4 Å². The first-order valence-corrected chi connectivity index (χ1v) is 13.6. The van der Waals surface area contributed by atoms with Crippen molar-refractivity contribution in [2.75, 3.05) is 39.4 Å². The number of aromatic hydroxyl groups is 1. The molecule has 2 aromatic carbocycles. The molecule has 8 heteroatoms. The average molecular weight is 525 g/mol. The van der Waals surface area contributed by atoms with E-state index in [0.29, 0.717) is 43.2 Å². The molecule has 1 saturated heterocycles. The van der Waals surface area contributed by atoms with E-state index in [4.69, 9.17) is 9.47 Å². The van der Waals surface area contributed by atoms with Crippen molar-refractivity contribution in [1.29, 1.82) is 0 Å². The normalized spacial score (nSPS) is 16.9. The van der Waals surface area contributed by atoms with Crippen molar-refractivity contribution in [3.63, 3.8) is 0 Å². The Labute approximate surface area is 225 Å². The maximum Gasteiger partial charge on any atom is 0.295 e. The largest absolute Gasteiger partial charge is 0.872 e. The fraction of sp³-hybridized carbons (Fsp3) is 0.467. The van der Waals surface area contributed by atoms with E-state index in [0.717, 1.165) is 31.5 Å². The number of hydrogen-bond acceptors (Lipinski definition) is 6. The van der Waals surface area contributed by atoms with Crippen LogP contribution >= 0.6 is 0 Å². The van der Waals surface area contributed by atoms with Gasteiger partial charge in [0.1, 0.15) is 5.75 Å². The molecular weight excluding hydrogens is 484 g/mol. The highest BCUT2D eigenvalue weighted by Gasteiger charge is 2.44. The first-order valence-electron chi connectivity index (χ1n) is 13.6. The number of phenols is 1. The Morgan fingerprint density at radius 1 is 1.03 bits per heavy atom.